The first kappa shape index (κ1) is 20.2. The highest BCUT2D eigenvalue weighted by Gasteiger charge is 2.31. The minimum absolute atomic E-state index is 0. The van der Waals surface area contributed by atoms with E-state index in [0.29, 0.717) is 25.3 Å². The van der Waals surface area contributed by atoms with Crippen LogP contribution in [0.1, 0.15) is 36.7 Å². The van der Waals surface area contributed by atoms with Crippen LogP contribution in [0.15, 0.2) is 17.2 Å². The Balaban J connectivity index is 0.00000225. The van der Waals surface area contributed by atoms with Crippen molar-refractivity contribution in [2.45, 2.75) is 37.1 Å². The third-order valence-corrected chi connectivity index (χ3v) is 6.78. The molecule has 2 aliphatic rings. The van der Waals surface area contributed by atoms with E-state index in [-0.39, 0.29) is 29.3 Å². The molecule has 7 nitrogen and oxygen atoms in total. The average Bonchev–Trinajstić information content (AvgIpc) is 2.98. The van der Waals surface area contributed by atoms with Gasteiger partial charge in [0.15, 0.2) is 0 Å². The third kappa shape index (κ3) is 4.02. The van der Waals surface area contributed by atoms with Gasteiger partial charge in [-0.3, -0.25) is 4.79 Å². The van der Waals surface area contributed by atoms with Gasteiger partial charge in [0.05, 0.1) is 0 Å². The minimum atomic E-state index is -3.51. The Kier molecular flexibility index (Phi) is 6.53. The van der Waals surface area contributed by atoms with E-state index in [9.17, 15) is 13.2 Å². The van der Waals surface area contributed by atoms with E-state index in [4.69, 9.17) is 0 Å². The van der Waals surface area contributed by atoms with Gasteiger partial charge in [-0.1, -0.05) is 6.42 Å². The summed E-state index contributed by atoms with van der Waals surface area (Å²) in [5.41, 5.74) is 0.430. The molecule has 2 saturated heterocycles. The number of halogens is 1. The second-order valence-electron chi connectivity index (χ2n) is 6.69. The van der Waals surface area contributed by atoms with Crippen LogP contribution < -0.4 is 5.32 Å². The number of aryl methyl sites for hydroxylation is 1. The molecule has 1 aromatic heterocycles. The number of piperidine rings is 1. The van der Waals surface area contributed by atoms with E-state index in [2.05, 4.69) is 5.32 Å². The topological polar surface area (TPSA) is 74.7 Å². The highest BCUT2D eigenvalue weighted by Crippen LogP contribution is 2.23. The number of piperazine rings is 1. The number of sulfonamides is 1. The first-order valence-electron chi connectivity index (χ1n) is 8.59. The quantitative estimate of drug-likeness (QED) is 0.837. The fourth-order valence-corrected chi connectivity index (χ4v) is 5.02. The molecule has 25 heavy (non-hydrogen) atoms. The number of hydrogen-bond acceptors (Lipinski definition) is 4. The maximum absolute atomic E-state index is 12.8. The van der Waals surface area contributed by atoms with Gasteiger partial charge in [-0.15, -0.1) is 12.4 Å². The zero-order chi connectivity index (χ0) is 17.3. The normalized spacial score (nSPS) is 22.5. The smallest absolute Gasteiger partial charge is 0.270 e. The Labute approximate surface area is 155 Å². The number of rotatable bonds is 3. The molecule has 9 heteroatoms. The molecule has 1 atom stereocenters. The molecule has 0 spiro atoms. The fraction of sp³-hybridized carbons (Fsp3) is 0.688. The summed E-state index contributed by atoms with van der Waals surface area (Å²) >= 11 is 0. The first-order chi connectivity index (χ1) is 11.4. The molecular formula is C16H27ClN4O3S. The number of nitrogens with zero attached hydrogens (tertiary/aromatic N) is 3. The van der Waals surface area contributed by atoms with Crippen LogP contribution in [0.3, 0.4) is 0 Å². The van der Waals surface area contributed by atoms with Gasteiger partial charge in [0.2, 0.25) is 10.0 Å². The minimum Gasteiger partial charge on any atom is -0.345 e. The predicted molar refractivity (Wildman–Crippen MR) is 98.6 cm³/mol. The lowest BCUT2D eigenvalue weighted by molar-refractivity contribution is 0.0646. The standard InChI is InChI=1S/C16H26N4O3S.ClH/c1-13-11-17-6-9-20(13)16(21)15-10-14(12-18(15)2)24(22,23)19-7-4-3-5-8-19;/h10,12-13,17H,3-9,11H2,1-2H3;1H/t13-;/m0./s1. The molecule has 0 aliphatic carbocycles. The molecule has 3 heterocycles. The van der Waals surface area contributed by atoms with Gasteiger partial charge in [-0.25, -0.2) is 8.42 Å². The summed E-state index contributed by atoms with van der Waals surface area (Å²) in [7, 11) is -1.78. The lowest BCUT2D eigenvalue weighted by Crippen LogP contribution is -2.52. The lowest BCUT2D eigenvalue weighted by atomic mass is 10.2. The Morgan fingerprint density at radius 2 is 1.88 bits per heavy atom. The van der Waals surface area contributed by atoms with E-state index in [1.807, 2.05) is 11.8 Å². The van der Waals surface area contributed by atoms with Crippen molar-refractivity contribution in [1.29, 1.82) is 0 Å². The van der Waals surface area contributed by atoms with E-state index in [1.165, 1.54) is 10.4 Å². The second kappa shape index (κ2) is 8.07. The number of carbonyl (C=O) groups is 1. The summed E-state index contributed by atoms with van der Waals surface area (Å²) in [6.07, 6.45) is 4.43. The molecule has 0 aromatic carbocycles. The van der Waals surface area contributed by atoms with Crippen LogP contribution in [0.4, 0.5) is 0 Å². The summed E-state index contributed by atoms with van der Waals surface area (Å²) in [5.74, 6) is -0.105. The number of aromatic nitrogens is 1. The Morgan fingerprint density at radius 1 is 1.20 bits per heavy atom. The molecular weight excluding hydrogens is 364 g/mol. The monoisotopic (exact) mass is 390 g/mol. The summed E-state index contributed by atoms with van der Waals surface area (Å²) in [5, 5.41) is 3.25. The molecule has 2 fully saturated rings. The van der Waals surface area contributed by atoms with Crippen LogP contribution in [-0.2, 0) is 17.1 Å². The average molecular weight is 391 g/mol. The van der Waals surface area contributed by atoms with Crippen LogP contribution in [0.2, 0.25) is 0 Å². The Bertz CT molecular complexity index is 713. The van der Waals surface area contributed by atoms with E-state index in [1.54, 1.807) is 17.8 Å². The first-order valence-corrected chi connectivity index (χ1v) is 10.0. The SMILES string of the molecule is C[C@H]1CNCCN1C(=O)c1cc(S(=O)(=O)N2CCCCC2)cn1C.Cl. The van der Waals surface area contributed by atoms with Crippen LogP contribution >= 0.6 is 12.4 Å². The van der Waals surface area contributed by atoms with Gasteiger partial charge in [-0.05, 0) is 25.8 Å². The van der Waals surface area contributed by atoms with Crippen molar-refractivity contribution in [2.24, 2.45) is 7.05 Å². The highest BCUT2D eigenvalue weighted by molar-refractivity contribution is 7.89. The Hall–Kier alpha value is -1.09. The third-order valence-electron chi connectivity index (χ3n) is 4.91. The van der Waals surface area contributed by atoms with Crippen molar-refractivity contribution < 1.29 is 13.2 Å². The molecule has 2 aliphatic heterocycles. The molecule has 0 unspecified atom stereocenters. The molecule has 1 amide bonds. The number of amides is 1. The van der Waals surface area contributed by atoms with E-state index in [0.717, 1.165) is 32.4 Å². The summed E-state index contributed by atoms with van der Waals surface area (Å²) in [6.45, 7) is 5.29. The van der Waals surface area contributed by atoms with Crippen molar-refractivity contribution in [3.05, 3.63) is 18.0 Å². The van der Waals surface area contributed by atoms with Crippen LogP contribution in [0, 0.1) is 0 Å². The molecule has 1 N–H and O–H groups in total. The van der Waals surface area contributed by atoms with Crippen molar-refractivity contribution in [3.8, 4) is 0 Å². The van der Waals surface area contributed by atoms with Gasteiger partial charge in [0.25, 0.3) is 5.91 Å². The van der Waals surface area contributed by atoms with Gasteiger partial charge in [-0.2, -0.15) is 4.31 Å². The van der Waals surface area contributed by atoms with Crippen LogP contribution in [0.5, 0.6) is 0 Å². The lowest BCUT2D eigenvalue weighted by Gasteiger charge is -2.34. The van der Waals surface area contributed by atoms with Gasteiger partial charge in [0, 0.05) is 52.0 Å². The molecule has 0 bridgehead atoms. The fourth-order valence-electron chi connectivity index (χ4n) is 3.43. The van der Waals surface area contributed by atoms with Crippen molar-refractivity contribution >= 4 is 28.3 Å². The van der Waals surface area contributed by atoms with Crippen molar-refractivity contribution in [2.75, 3.05) is 32.7 Å². The number of nitrogens with one attached hydrogen (secondary N) is 1. The molecule has 0 radical (unpaired) electrons. The molecule has 142 valence electrons. The summed E-state index contributed by atoms with van der Waals surface area (Å²) in [4.78, 5) is 14.8. The largest absolute Gasteiger partial charge is 0.345 e. The Morgan fingerprint density at radius 3 is 2.52 bits per heavy atom. The number of hydrogen-bond donors (Lipinski definition) is 1. The molecule has 0 saturated carbocycles. The maximum atomic E-state index is 12.8. The van der Waals surface area contributed by atoms with Crippen LogP contribution in [-0.4, -0.2) is 66.9 Å². The van der Waals surface area contributed by atoms with Gasteiger partial charge in [0.1, 0.15) is 10.6 Å². The molecule has 3 rings (SSSR count). The predicted octanol–water partition coefficient (Wildman–Crippen LogP) is 1.06. The zero-order valence-corrected chi connectivity index (χ0v) is 16.4. The van der Waals surface area contributed by atoms with Gasteiger partial charge >= 0.3 is 0 Å². The summed E-state index contributed by atoms with van der Waals surface area (Å²) < 4.78 is 28.8. The van der Waals surface area contributed by atoms with Crippen molar-refractivity contribution in [3.63, 3.8) is 0 Å². The van der Waals surface area contributed by atoms with E-state index >= 15 is 0 Å². The molecule has 1 aromatic rings. The van der Waals surface area contributed by atoms with Crippen LogP contribution in [0.25, 0.3) is 0 Å². The van der Waals surface area contributed by atoms with E-state index < -0.39 is 10.0 Å². The number of carbonyl (C=O) groups excluding carboxylic acids is 1. The highest BCUT2D eigenvalue weighted by atomic mass is 35.5. The van der Waals surface area contributed by atoms with Gasteiger partial charge < -0.3 is 14.8 Å². The second-order valence-corrected chi connectivity index (χ2v) is 8.63. The zero-order valence-electron chi connectivity index (χ0n) is 14.8. The summed E-state index contributed by atoms with van der Waals surface area (Å²) in [6, 6.07) is 1.63. The maximum Gasteiger partial charge on any atom is 0.270 e. The van der Waals surface area contributed by atoms with Crippen molar-refractivity contribution in [1.82, 2.24) is 19.1 Å².